The van der Waals surface area contributed by atoms with E-state index in [2.05, 4.69) is 46.0 Å². The third-order valence-corrected chi connectivity index (χ3v) is 8.08. The molecule has 0 spiro atoms. The molecule has 200 valence electrons. The van der Waals surface area contributed by atoms with Crippen molar-refractivity contribution in [3.8, 4) is 0 Å². The van der Waals surface area contributed by atoms with E-state index in [0.717, 1.165) is 37.6 Å². The predicted octanol–water partition coefficient (Wildman–Crippen LogP) is 5.31. The minimum absolute atomic E-state index is 0.0426. The highest BCUT2D eigenvalue weighted by Gasteiger charge is 2.27. The zero-order valence-electron chi connectivity index (χ0n) is 22.1. The number of para-hydroxylation sites is 1. The number of aromatic nitrogens is 2. The van der Waals surface area contributed by atoms with Crippen LogP contribution in [0, 0.1) is 6.92 Å². The monoisotopic (exact) mass is 551 g/mol. The van der Waals surface area contributed by atoms with Gasteiger partial charge in [0.1, 0.15) is 11.0 Å². The lowest BCUT2D eigenvalue weighted by Crippen LogP contribution is -2.48. The summed E-state index contributed by atoms with van der Waals surface area (Å²) in [6, 6.07) is 18.2. The molecule has 0 aliphatic carbocycles. The van der Waals surface area contributed by atoms with Crippen molar-refractivity contribution in [3.63, 3.8) is 0 Å². The van der Waals surface area contributed by atoms with Gasteiger partial charge in [-0.05, 0) is 50.1 Å². The first-order valence-corrected chi connectivity index (χ1v) is 14.5. The molecule has 2 unspecified atom stereocenters. The summed E-state index contributed by atoms with van der Waals surface area (Å²) >= 11 is 7.94. The van der Waals surface area contributed by atoms with Gasteiger partial charge in [0, 0.05) is 62.3 Å². The Kier molecular flexibility index (Phi) is 8.41. The van der Waals surface area contributed by atoms with Gasteiger partial charge in [0.2, 0.25) is 0 Å². The summed E-state index contributed by atoms with van der Waals surface area (Å²) in [5, 5.41) is 1.08. The predicted molar refractivity (Wildman–Crippen MR) is 155 cm³/mol. The van der Waals surface area contributed by atoms with Crippen LogP contribution in [0.15, 0.2) is 59.8 Å². The molecule has 2 aromatic carbocycles. The SMILES string of the molecule is Cc1ccccc1N1CCN(c2cc(Cl)nc(SCc3cccc(C(=O)N4CC(C)OC(C)C4)c3)n2)CC1. The van der Waals surface area contributed by atoms with Crippen molar-refractivity contribution in [2.45, 2.75) is 43.9 Å². The Morgan fingerprint density at radius 1 is 0.974 bits per heavy atom. The first kappa shape index (κ1) is 26.8. The molecule has 3 aromatic rings. The van der Waals surface area contributed by atoms with Crippen LogP contribution in [0.25, 0.3) is 0 Å². The lowest BCUT2D eigenvalue weighted by atomic mass is 10.1. The number of ether oxygens (including phenoxy) is 1. The number of thioether (sulfide) groups is 1. The van der Waals surface area contributed by atoms with Crippen molar-refractivity contribution >= 4 is 40.8 Å². The van der Waals surface area contributed by atoms with Crippen LogP contribution in [-0.2, 0) is 10.5 Å². The van der Waals surface area contributed by atoms with E-state index in [9.17, 15) is 4.79 Å². The number of aryl methyl sites for hydroxylation is 1. The molecule has 2 aliphatic rings. The molecule has 1 aromatic heterocycles. The Hall–Kier alpha value is -2.81. The zero-order valence-corrected chi connectivity index (χ0v) is 23.7. The molecular weight excluding hydrogens is 518 g/mol. The molecule has 0 saturated carbocycles. The minimum atomic E-state index is 0.0426. The molecule has 0 radical (unpaired) electrons. The highest BCUT2D eigenvalue weighted by Crippen LogP contribution is 2.27. The summed E-state index contributed by atoms with van der Waals surface area (Å²) < 4.78 is 5.78. The number of hydrogen-bond acceptors (Lipinski definition) is 7. The third kappa shape index (κ3) is 6.42. The van der Waals surface area contributed by atoms with E-state index in [0.29, 0.717) is 34.7 Å². The maximum Gasteiger partial charge on any atom is 0.254 e. The first-order valence-electron chi connectivity index (χ1n) is 13.1. The van der Waals surface area contributed by atoms with E-state index in [1.165, 1.54) is 23.0 Å². The fourth-order valence-corrected chi connectivity index (χ4v) is 6.20. The van der Waals surface area contributed by atoms with Gasteiger partial charge in [-0.1, -0.05) is 53.7 Å². The summed E-state index contributed by atoms with van der Waals surface area (Å²) in [5.41, 5.74) is 4.34. The fraction of sp³-hybridized carbons (Fsp3) is 0.414. The van der Waals surface area contributed by atoms with Crippen molar-refractivity contribution in [1.29, 1.82) is 0 Å². The van der Waals surface area contributed by atoms with Gasteiger partial charge in [-0.3, -0.25) is 4.79 Å². The summed E-state index contributed by atoms with van der Waals surface area (Å²) in [7, 11) is 0. The number of piperazine rings is 1. The van der Waals surface area contributed by atoms with Gasteiger partial charge in [0.15, 0.2) is 5.16 Å². The second kappa shape index (κ2) is 11.9. The third-order valence-electron chi connectivity index (χ3n) is 6.97. The average molecular weight is 552 g/mol. The number of anilines is 2. The number of carbonyl (C=O) groups excluding carboxylic acids is 1. The van der Waals surface area contributed by atoms with Crippen LogP contribution >= 0.6 is 23.4 Å². The van der Waals surface area contributed by atoms with Crippen molar-refractivity contribution in [2.24, 2.45) is 0 Å². The van der Waals surface area contributed by atoms with Crippen molar-refractivity contribution in [2.75, 3.05) is 49.1 Å². The Labute approximate surface area is 234 Å². The van der Waals surface area contributed by atoms with E-state index in [1.54, 1.807) is 0 Å². The van der Waals surface area contributed by atoms with Crippen molar-refractivity contribution in [3.05, 3.63) is 76.4 Å². The van der Waals surface area contributed by atoms with Gasteiger partial charge >= 0.3 is 0 Å². The van der Waals surface area contributed by atoms with Crippen molar-refractivity contribution < 1.29 is 9.53 Å². The average Bonchev–Trinajstić information content (AvgIpc) is 2.91. The Morgan fingerprint density at radius 2 is 1.68 bits per heavy atom. The molecule has 9 heteroatoms. The molecule has 38 heavy (non-hydrogen) atoms. The maximum atomic E-state index is 13.1. The van der Waals surface area contributed by atoms with Gasteiger partial charge in [0.05, 0.1) is 12.2 Å². The molecule has 2 saturated heterocycles. The molecule has 0 bridgehead atoms. The van der Waals surface area contributed by atoms with Crippen LogP contribution in [0.5, 0.6) is 0 Å². The second-order valence-corrected chi connectivity index (χ2v) is 11.4. The Morgan fingerprint density at radius 3 is 2.42 bits per heavy atom. The maximum absolute atomic E-state index is 13.1. The van der Waals surface area contributed by atoms with Gasteiger partial charge in [0.25, 0.3) is 5.91 Å². The normalized spacial score (nSPS) is 20.1. The van der Waals surface area contributed by atoms with E-state index in [1.807, 2.05) is 49.1 Å². The zero-order chi connectivity index (χ0) is 26.6. The van der Waals surface area contributed by atoms with Crippen LogP contribution in [0.2, 0.25) is 5.15 Å². The van der Waals surface area contributed by atoms with Gasteiger partial charge in [-0.15, -0.1) is 0 Å². The first-order chi connectivity index (χ1) is 18.4. The Bertz CT molecular complexity index is 1270. The van der Waals surface area contributed by atoms with Crippen LogP contribution < -0.4 is 9.80 Å². The van der Waals surface area contributed by atoms with Crippen LogP contribution in [-0.4, -0.2) is 72.3 Å². The number of benzene rings is 2. The van der Waals surface area contributed by atoms with E-state index in [-0.39, 0.29) is 18.1 Å². The number of halogens is 1. The van der Waals surface area contributed by atoms with Crippen LogP contribution in [0.3, 0.4) is 0 Å². The van der Waals surface area contributed by atoms with Crippen LogP contribution in [0.4, 0.5) is 11.5 Å². The number of amides is 1. The summed E-state index contributed by atoms with van der Waals surface area (Å²) in [6.07, 6.45) is 0.0853. The Balaban J connectivity index is 1.21. The highest BCUT2D eigenvalue weighted by molar-refractivity contribution is 7.98. The van der Waals surface area contributed by atoms with Crippen LogP contribution in [0.1, 0.15) is 35.3 Å². The number of rotatable bonds is 6. The molecule has 2 aliphatic heterocycles. The summed E-state index contributed by atoms with van der Waals surface area (Å²) in [6.45, 7) is 11.0. The standard InChI is InChI=1S/C29H34ClN5O2S/c1-20-7-4-5-10-25(20)33-11-13-34(14-12-33)27-16-26(30)31-29(32-27)38-19-23-8-6-9-24(15-23)28(36)35-17-21(2)37-22(3)18-35/h4-10,15-16,21-22H,11-14,17-19H2,1-3H3. The van der Waals surface area contributed by atoms with E-state index < -0.39 is 0 Å². The molecule has 0 N–H and O–H groups in total. The number of nitrogens with zero attached hydrogens (tertiary/aromatic N) is 5. The number of hydrogen-bond donors (Lipinski definition) is 0. The number of morpholine rings is 1. The molecule has 2 atom stereocenters. The lowest BCUT2D eigenvalue weighted by Gasteiger charge is -2.37. The molecular formula is C29H34ClN5O2S. The summed E-state index contributed by atoms with van der Waals surface area (Å²) in [4.78, 5) is 29.0. The quantitative estimate of drug-likeness (QED) is 0.234. The molecule has 1 amide bonds. The largest absolute Gasteiger partial charge is 0.372 e. The number of carbonyl (C=O) groups is 1. The molecule has 3 heterocycles. The van der Waals surface area contributed by atoms with E-state index in [4.69, 9.17) is 21.3 Å². The fourth-order valence-electron chi connectivity index (χ4n) is 5.17. The molecule has 5 rings (SSSR count). The smallest absolute Gasteiger partial charge is 0.254 e. The second-order valence-electron chi connectivity index (χ2n) is 10.0. The summed E-state index contributed by atoms with van der Waals surface area (Å²) in [5.74, 6) is 1.55. The van der Waals surface area contributed by atoms with Gasteiger partial charge in [-0.2, -0.15) is 0 Å². The highest BCUT2D eigenvalue weighted by atomic mass is 35.5. The van der Waals surface area contributed by atoms with Crippen molar-refractivity contribution in [1.82, 2.24) is 14.9 Å². The van der Waals surface area contributed by atoms with E-state index >= 15 is 0 Å². The van der Waals surface area contributed by atoms with Gasteiger partial charge in [-0.25, -0.2) is 9.97 Å². The molecule has 2 fully saturated rings. The van der Waals surface area contributed by atoms with Gasteiger partial charge < -0.3 is 19.4 Å². The topological polar surface area (TPSA) is 61.8 Å². The lowest BCUT2D eigenvalue weighted by molar-refractivity contribution is -0.0586. The minimum Gasteiger partial charge on any atom is -0.372 e. The molecule has 7 nitrogen and oxygen atoms in total.